The van der Waals surface area contributed by atoms with Gasteiger partial charge in [0.05, 0.1) is 0 Å². The number of carbonyl (C=O) groups excluding carboxylic acids is 1. The lowest BCUT2D eigenvalue weighted by Gasteiger charge is -2.17. The fourth-order valence-corrected chi connectivity index (χ4v) is 0.944. The first-order valence-electron chi connectivity index (χ1n) is 4.58. The number of nitrogens with one attached hydrogen (secondary N) is 1. The van der Waals surface area contributed by atoms with Gasteiger partial charge in [0.1, 0.15) is 0 Å². The van der Waals surface area contributed by atoms with Crippen LogP contribution in [0.2, 0.25) is 0 Å². The van der Waals surface area contributed by atoms with Crippen molar-refractivity contribution in [1.82, 2.24) is 5.32 Å². The Morgan fingerprint density at radius 1 is 1.43 bits per heavy atom. The molecule has 0 aliphatic heterocycles. The zero-order chi connectivity index (χ0) is 11.2. The van der Waals surface area contributed by atoms with Crippen molar-refractivity contribution in [2.24, 2.45) is 5.73 Å². The van der Waals surface area contributed by atoms with Gasteiger partial charge < -0.3 is 16.2 Å². The summed E-state index contributed by atoms with van der Waals surface area (Å²) in [5.74, 6) is -0.985. The molecule has 0 aromatic carbocycles. The van der Waals surface area contributed by atoms with Gasteiger partial charge in [-0.15, -0.1) is 0 Å². The van der Waals surface area contributed by atoms with Crippen molar-refractivity contribution in [2.45, 2.75) is 38.6 Å². The van der Waals surface area contributed by atoms with Crippen LogP contribution in [0, 0.1) is 0 Å². The molecule has 0 atom stereocenters. The Balaban J connectivity index is 3.50. The van der Waals surface area contributed by atoms with Gasteiger partial charge in [-0.2, -0.15) is 0 Å². The number of nitrogens with two attached hydrogens (primary N) is 1. The number of carboxylic acid groups (broad SMARTS) is 1. The smallest absolute Gasteiger partial charge is 0.303 e. The Kier molecular flexibility index (Phi) is 5.15. The average Bonchev–Trinajstić information content (AvgIpc) is 1.94. The van der Waals surface area contributed by atoms with E-state index < -0.39 is 11.5 Å². The molecule has 0 aromatic rings. The average molecular weight is 202 g/mol. The topological polar surface area (TPSA) is 92.4 Å². The second-order valence-electron chi connectivity index (χ2n) is 4.01. The van der Waals surface area contributed by atoms with E-state index in [1.807, 2.05) is 0 Å². The van der Waals surface area contributed by atoms with E-state index in [0.29, 0.717) is 13.0 Å². The first kappa shape index (κ1) is 12.9. The van der Waals surface area contributed by atoms with Crippen LogP contribution in [0.1, 0.15) is 33.1 Å². The summed E-state index contributed by atoms with van der Waals surface area (Å²) < 4.78 is 0. The molecule has 1 amide bonds. The standard InChI is InChI=1S/C9H18N2O3/c1-9(2,10)6-7(12)11-5-3-4-8(13)14/h3-6,10H2,1-2H3,(H,11,12)(H,13,14). The molecular formula is C9H18N2O3. The quantitative estimate of drug-likeness (QED) is 0.532. The van der Waals surface area contributed by atoms with Crippen LogP contribution in [0.5, 0.6) is 0 Å². The molecule has 0 aliphatic carbocycles. The molecule has 14 heavy (non-hydrogen) atoms. The van der Waals surface area contributed by atoms with Crippen LogP contribution in [0.15, 0.2) is 0 Å². The highest BCUT2D eigenvalue weighted by molar-refractivity contribution is 5.77. The molecule has 5 heteroatoms. The molecule has 0 unspecified atom stereocenters. The number of hydrogen-bond acceptors (Lipinski definition) is 3. The fourth-order valence-electron chi connectivity index (χ4n) is 0.944. The number of rotatable bonds is 6. The predicted molar refractivity (Wildman–Crippen MR) is 52.8 cm³/mol. The zero-order valence-corrected chi connectivity index (χ0v) is 8.67. The van der Waals surface area contributed by atoms with Crippen LogP contribution < -0.4 is 11.1 Å². The summed E-state index contributed by atoms with van der Waals surface area (Å²) in [5.41, 5.74) is 5.12. The summed E-state index contributed by atoms with van der Waals surface area (Å²) in [4.78, 5) is 21.3. The van der Waals surface area contributed by atoms with Gasteiger partial charge in [0.25, 0.3) is 0 Å². The fraction of sp³-hybridized carbons (Fsp3) is 0.778. The SMILES string of the molecule is CC(C)(N)CC(=O)NCCCC(=O)O. The lowest BCUT2D eigenvalue weighted by atomic mass is 10.0. The number of hydrogen-bond donors (Lipinski definition) is 3. The molecule has 0 rings (SSSR count). The zero-order valence-electron chi connectivity index (χ0n) is 8.67. The summed E-state index contributed by atoms with van der Waals surface area (Å²) in [5, 5.41) is 10.9. The van der Waals surface area contributed by atoms with Gasteiger partial charge >= 0.3 is 5.97 Å². The van der Waals surface area contributed by atoms with Gasteiger partial charge in [0.2, 0.25) is 5.91 Å². The maximum Gasteiger partial charge on any atom is 0.303 e. The van der Waals surface area contributed by atoms with Crippen LogP contribution in [0.4, 0.5) is 0 Å². The molecule has 0 spiro atoms. The third-order valence-electron chi connectivity index (χ3n) is 1.51. The van der Waals surface area contributed by atoms with Gasteiger partial charge in [0, 0.05) is 24.9 Å². The lowest BCUT2D eigenvalue weighted by molar-refractivity contribution is -0.137. The maximum atomic E-state index is 11.2. The molecule has 0 bridgehead atoms. The van der Waals surface area contributed by atoms with Gasteiger partial charge in [-0.1, -0.05) is 0 Å². The van der Waals surface area contributed by atoms with Crippen molar-refractivity contribution in [2.75, 3.05) is 6.54 Å². The summed E-state index contributed by atoms with van der Waals surface area (Å²) in [6.45, 7) is 3.93. The van der Waals surface area contributed by atoms with E-state index in [-0.39, 0.29) is 18.7 Å². The molecule has 4 N–H and O–H groups in total. The molecule has 0 aliphatic rings. The van der Waals surface area contributed by atoms with Crippen molar-refractivity contribution >= 4 is 11.9 Å². The van der Waals surface area contributed by atoms with Crippen molar-refractivity contribution in [3.8, 4) is 0 Å². The van der Waals surface area contributed by atoms with Crippen molar-refractivity contribution in [1.29, 1.82) is 0 Å². The van der Waals surface area contributed by atoms with Crippen LogP contribution >= 0.6 is 0 Å². The second kappa shape index (κ2) is 5.59. The number of carboxylic acids is 1. The highest BCUT2D eigenvalue weighted by Gasteiger charge is 2.15. The maximum absolute atomic E-state index is 11.2. The highest BCUT2D eigenvalue weighted by atomic mass is 16.4. The predicted octanol–water partition coefficient (Wildman–Crippen LogP) is 0.0948. The first-order valence-corrected chi connectivity index (χ1v) is 4.58. The Morgan fingerprint density at radius 3 is 2.43 bits per heavy atom. The molecule has 0 heterocycles. The summed E-state index contributed by atoms with van der Waals surface area (Å²) >= 11 is 0. The molecule has 0 aromatic heterocycles. The molecular weight excluding hydrogens is 184 g/mol. The highest BCUT2D eigenvalue weighted by Crippen LogP contribution is 2.02. The summed E-state index contributed by atoms with van der Waals surface area (Å²) in [6.07, 6.45) is 0.776. The van der Waals surface area contributed by atoms with Crippen molar-refractivity contribution in [3.05, 3.63) is 0 Å². The van der Waals surface area contributed by atoms with Crippen LogP contribution in [0.25, 0.3) is 0 Å². The molecule has 5 nitrogen and oxygen atoms in total. The van der Waals surface area contributed by atoms with Crippen LogP contribution in [0.3, 0.4) is 0 Å². The normalized spacial score (nSPS) is 11.1. The van der Waals surface area contributed by atoms with E-state index >= 15 is 0 Å². The third-order valence-corrected chi connectivity index (χ3v) is 1.51. The lowest BCUT2D eigenvalue weighted by Crippen LogP contribution is -2.39. The molecule has 0 saturated carbocycles. The minimum Gasteiger partial charge on any atom is -0.481 e. The van der Waals surface area contributed by atoms with E-state index in [2.05, 4.69) is 5.32 Å². The van der Waals surface area contributed by atoms with Gasteiger partial charge in [-0.3, -0.25) is 9.59 Å². The van der Waals surface area contributed by atoms with Gasteiger partial charge in [-0.05, 0) is 20.3 Å². The molecule has 82 valence electrons. The second-order valence-corrected chi connectivity index (χ2v) is 4.01. The minimum atomic E-state index is -0.849. The Morgan fingerprint density at radius 2 is 2.00 bits per heavy atom. The van der Waals surface area contributed by atoms with E-state index in [1.54, 1.807) is 13.8 Å². The van der Waals surface area contributed by atoms with E-state index in [1.165, 1.54) is 0 Å². The molecule has 0 saturated heterocycles. The van der Waals surface area contributed by atoms with Crippen LogP contribution in [-0.4, -0.2) is 29.1 Å². The van der Waals surface area contributed by atoms with Gasteiger partial charge in [-0.25, -0.2) is 0 Å². The van der Waals surface area contributed by atoms with Gasteiger partial charge in [0.15, 0.2) is 0 Å². The minimum absolute atomic E-state index is 0.0757. The number of aliphatic carboxylic acids is 1. The molecule has 0 fully saturated rings. The Labute approximate surface area is 83.7 Å². The Bertz CT molecular complexity index is 209. The van der Waals surface area contributed by atoms with E-state index in [9.17, 15) is 9.59 Å². The van der Waals surface area contributed by atoms with Crippen LogP contribution in [-0.2, 0) is 9.59 Å². The first-order chi connectivity index (χ1) is 6.31. The van der Waals surface area contributed by atoms with E-state index in [0.717, 1.165) is 0 Å². The molecule has 0 radical (unpaired) electrons. The monoisotopic (exact) mass is 202 g/mol. The summed E-state index contributed by atoms with van der Waals surface area (Å²) in [6, 6.07) is 0. The van der Waals surface area contributed by atoms with Crippen molar-refractivity contribution in [3.63, 3.8) is 0 Å². The largest absolute Gasteiger partial charge is 0.481 e. The number of amides is 1. The third kappa shape index (κ3) is 8.99. The number of carbonyl (C=O) groups is 2. The van der Waals surface area contributed by atoms with Crippen molar-refractivity contribution < 1.29 is 14.7 Å². The summed E-state index contributed by atoms with van der Waals surface area (Å²) in [7, 11) is 0. The Hall–Kier alpha value is -1.10. The van der Waals surface area contributed by atoms with E-state index in [4.69, 9.17) is 10.8 Å².